The second-order valence-corrected chi connectivity index (χ2v) is 4.67. The molecule has 1 fully saturated rings. The molecule has 17 heavy (non-hydrogen) atoms. The Bertz CT molecular complexity index is 331. The van der Waals surface area contributed by atoms with Crippen LogP contribution in [0, 0.1) is 0 Å². The van der Waals surface area contributed by atoms with Crippen molar-refractivity contribution in [2.24, 2.45) is 0 Å². The van der Waals surface area contributed by atoms with E-state index in [1.807, 2.05) is 24.5 Å². The average Bonchev–Trinajstić information content (AvgIpc) is 2.37. The molecule has 1 unspecified atom stereocenters. The van der Waals surface area contributed by atoms with Crippen LogP contribution in [-0.4, -0.2) is 49.3 Å². The third-order valence-electron chi connectivity index (χ3n) is 3.20. The molecule has 1 aliphatic rings. The molecule has 0 amide bonds. The van der Waals surface area contributed by atoms with Gasteiger partial charge in [-0.25, -0.2) is 0 Å². The van der Waals surface area contributed by atoms with Gasteiger partial charge in [0.25, 0.3) is 0 Å². The Labute approximate surface area is 103 Å². The van der Waals surface area contributed by atoms with E-state index in [1.165, 1.54) is 5.56 Å². The molecule has 2 atom stereocenters. The predicted molar refractivity (Wildman–Crippen MR) is 67.9 cm³/mol. The van der Waals surface area contributed by atoms with E-state index < -0.39 is 0 Å². The highest BCUT2D eigenvalue weighted by atomic mass is 16.5. The maximum atomic E-state index is 5.72. The van der Waals surface area contributed by atoms with Crippen LogP contribution in [0.1, 0.15) is 18.5 Å². The first-order valence-electron chi connectivity index (χ1n) is 6.19. The molecule has 0 aromatic carbocycles. The average molecular weight is 235 g/mol. The van der Waals surface area contributed by atoms with Crippen molar-refractivity contribution < 1.29 is 4.74 Å². The van der Waals surface area contributed by atoms with Gasteiger partial charge in [-0.3, -0.25) is 4.98 Å². The van der Waals surface area contributed by atoms with Crippen molar-refractivity contribution in [2.45, 2.75) is 19.1 Å². The summed E-state index contributed by atoms with van der Waals surface area (Å²) in [5.74, 6) is 0. The normalized spacial score (nSPS) is 23.5. The van der Waals surface area contributed by atoms with Crippen LogP contribution in [0.25, 0.3) is 0 Å². The number of rotatable bonds is 4. The largest absolute Gasteiger partial charge is 0.374 e. The maximum absolute atomic E-state index is 5.72. The molecule has 0 radical (unpaired) electrons. The fourth-order valence-corrected chi connectivity index (χ4v) is 2.07. The first-order chi connectivity index (χ1) is 8.25. The Balaban J connectivity index is 1.78. The lowest BCUT2D eigenvalue weighted by atomic mass is 10.1. The Morgan fingerprint density at radius 3 is 3.00 bits per heavy atom. The van der Waals surface area contributed by atoms with Gasteiger partial charge >= 0.3 is 0 Å². The highest BCUT2D eigenvalue weighted by Crippen LogP contribution is 2.11. The highest BCUT2D eigenvalue weighted by molar-refractivity contribution is 5.13. The standard InChI is InChI=1S/C13H21N3O/c1-11(12-3-5-14-6-4-12)15-9-13-10-16(2)7-8-17-13/h3-6,11,13,15H,7-10H2,1-2H3/t11-,13?/m1/s1. The zero-order valence-corrected chi connectivity index (χ0v) is 10.6. The lowest BCUT2D eigenvalue weighted by Crippen LogP contribution is -2.45. The number of hydrogen-bond acceptors (Lipinski definition) is 4. The number of pyridine rings is 1. The molecule has 1 aromatic rings. The number of nitrogens with zero attached hydrogens (tertiary/aromatic N) is 2. The third-order valence-corrected chi connectivity index (χ3v) is 3.20. The molecule has 0 spiro atoms. The first kappa shape index (κ1) is 12.5. The van der Waals surface area contributed by atoms with Gasteiger partial charge in [-0.1, -0.05) is 0 Å². The second-order valence-electron chi connectivity index (χ2n) is 4.67. The molecule has 2 rings (SSSR count). The summed E-state index contributed by atoms with van der Waals surface area (Å²) in [5.41, 5.74) is 1.27. The zero-order chi connectivity index (χ0) is 12.1. The van der Waals surface area contributed by atoms with E-state index in [1.54, 1.807) is 0 Å². The van der Waals surface area contributed by atoms with Crippen molar-refractivity contribution in [1.82, 2.24) is 15.2 Å². The summed E-state index contributed by atoms with van der Waals surface area (Å²) in [7, 11) is 2.14. The van der Waals surface area contributed by atoms with E-state index in [9.17, 15) is 0 Å². The number of hydrogen-bond donors (Lipinski definition) is 1. The van der Waals surface area contributed by atoms with Crippen molar-refractivity contribution in [3.8, 4) is 0 Å². The van der Waals surface area contributed by atoms with Gasteiger partial charge in [0.1, 0.15) is 0 Å². The van der Waals surface area contributed by atoms with E-state index in [2.05, 4.69) is 29.2 Å². The topological polar surface area (TPSA) is 37.4 Å². The molecule has 1 aliphatic heterocycles. The molecule has 2 heterocycles. The van der Waals surface area contributed by atoms with Crippen LogP contribution in [0.3, 0.4) is 0 Å². The smallest absolute Gasteiger partial charge is 0.0826 e. The van der Waals surface area contributed by atoms with Gasteiger partial charge in [0.05, 0.1) is 12.7 Å². The van der Waals surface area contributed by atoms with Crippen LogP contribution in [0.15, 0.2) is 24.5 Å². The second kappa shape index (κ2) is 6.10. The van der Waals surface area contributed by atoms with Crippen molar-refractivity contribution in [2.75, 3.05) is 33.3 Å². The van der Waals surface area contributed by atoms with Crippen molar-refractivity contribution in [3.63, 3.8) is 0 Å². The lowest BCUT2D eigenvalue weighted by Gasteiger charge is -2.31. The summed E-state index contributed by atoms with van der Waals surface area (Å²) in [4.78, 5) is 6.34. The maximum Gasteiger partial charge on any atom is 0.0826 e. The molecule has 4 heteroatoms. The summed E-state index contributed by atoms with van der Waals surface area (Å²) >= 11 is 0. The molecule has 1 N–H and O–H groups in total. The van der Waals surface area contributed by atoms with Crippen LogP contribution in [0.5, 0.6) is 0 Å². The highest BCUT2D eigenvalue weighted by Gasteiger charge is 2.18. The first-order valence-corrected chi connectivity index (χ1v) is 6.19. The Morgan fingerprint density at radius 1 is 1.53 bits per heavy atom. The minimum Gasteiger partial charge on any atom is -0.374 e. The molecule has 4 nitrogen and oxygen atoms in total. The summed E-state index contributed by atoms with van der Waals surface area (Å²) < 4.78 is 5.72. The molecule has 1 aromatic heterocycles. The lowest BCUT2D eigenvalue weighted by molar-refractivity contribution is -0.0190. The monoisotopic (exact) mass is 235 g/mol. The molecule has 0 aliphatic carbocycles. The summed E-state index contributed by atoms with van der Waals surface area (Å²) in [6.45, 7) is 5.95. The van der Waals surface area contributed by atoms with Crippen LogP contribution in [0.2, 0.25) is 0 Å². The van der Waals surface area contributed by atoms with Gasteiger partial charge in [-0.2, -0.15) is 0 Å². The summed E-state index contributed by atoms with van der Waals surface area (Å²) in [5, 5.41) is 3.51. The van der Waals surface area contributed by atoms with Crippen LogP contribution >= 0.6 is 0 Å². The molecular formula is C13H21N3O. The fraction of sp³-hybridized carbons (Fsp3) is 0.615. The van der Waals surface area contributed by atoms with Crippen molar-refractivity contribution in [1.29, 1.82) is 0 Å². The van der Waals surface area contributed by atoms with Crippen molar-refractivity contribution >= 4 is 0 Å². The fourth-order valence-electron chi connectivity index (χ4n) is 2.07. The van der Waals surface area contributed by atoms with E-state index in [-0.39, 0.29) is 0 Å². The number of aromatic nitrogens is 1. The SMILES string of the molecule is C[C@@H](NCC1CN(C)CCO1)c1ccncc1. The van der Waals surface area contributed by atoms with Gasteiger partial charge in [0, 0.05) is 38.1 Å². The van der Waals surface area contributed by atoms with Crippen LogP contribution < -0.4 is 5.32 Å². The molecule has 94 valence electrons. The Kier molecular flexibility index (Phi) is 4.48. The van der Waals surface area contributed by atoms with Gasteiger partial charge in [-0.05, 0) is 31.7 Å². The molecular weight excluding hydrogens is 214 g/mol. The van der Waals surface area contributed by atoms with E-state index in [4.69, 9.17) is 4.74 Å². The molecule has 0 saturated carbocycles. The van der Waals surface area contributed by atoms with Gasteiger partial charge in [-0.15, -0.1) is 0 Å². The minimum absolute atomic E-state index is 0.304. The van der Waals surface area contributed by atoms with Gasteiger partial charge in [0.2, 0.25) is 0 Å². The van der Waals surface area contributed by atoms with Crippen LogP contribution in [-0.2, 0) is 4.74 Å². The quantitative estimate of drug-likeness (QED) is 0.847. The van der Waals surface area contributed by atoms with E-state index in [0.29, 0.717) is 12.1 Å². The molecule has 0 bridgehead atoms. The number of nitrogens with one attached hydrogen (secondary N) is 1. The Morgan fingerprint density at radius 2 is 2.29 bits per heavy atom. The van der Waals surface area contributed by atoms with Crippen molar-refractivity contribution in [3.05, 3.63) is 30.1 Å². The number of morpholine rings is 1. The zero-order valence-electron chi connectivity index (χ0n) is 10.6. The van der Waals surface area contributed by atoms with E-state index >= 15 is 0 Å². The van der Waals surface area contributed by atoms with Gasteiger partial charge < -0.3 is 15.0 Å². The third kappa shape index (κ3) is 3.77. The van der Waals surface area contributed by atoms with Gasteiger partial charge in [0.15, 0.2) is 0 Å². The summed E-state index contributed by atoms with van der Waals surface area (Å²) in [6.07, 6.45) is 3.97. The number of ether oxygens (including phenoxy) is 1. The Hall–Kier alpha value is -0.970. The minimum atomic E-state index is 0.304. The summed E-state index contributed by atoms with van der Waals surface area (Å²) in [6, 6.07) is 4.44. The van der Waals surface area contributed by atoms with E-state index in [0.717, 1.165) is 26.2 Å². The van der Waals surface area contributed by atoms with Crippen LogP contribution in [0.4, 0.5) is 0 Å². The predicted octanol–water partition coefficient (Wildman–Crippen LogP) is 1.06. The number of likely N-dealkylation sites (N-methyl/N-ethyl adjacent to an activating group) is 1. The molecule has 1 saturated heterocycles.